The van der Waals surface area contributed by atoms with Gasteiger partial charge in [-0.05, 0) is 6.07 Å². The highest BCUT2D eigenvalue weighted by molar-refractivity contribution is 6.07. The summed E-state index contributed by atoms with van der Waals surface area (Å²) < 4.78 is 26.6. The van der Waals surface area contributed by atoms with Crippen LogP contribution in [0, 0.1) is 11.6 Å². The molecule has 4 N–H and O–H groups in total. The third kappa shape index (κ3) is 1.74. The first kappa shape index (κ1) is 11.5. The molecule has 17 heavy (non-hydrogen) atoms. The summed E-state index contributed by atoms with van der Waals surface area (Å²) in [4.78, 5) is 23.3. The van der Waals surface area contributed by atoms with Crippen molar-refractivity contribution in [2.75, 3.05) is 11.4 Å². The van der Waals surface area contributed by atoms with Crippen molar-refractivity contribution in [3.05, 3.63) is 29.3 Å². The Kier molecular flexibility index (Phi) is 2.55. The number of anilines is 1. The molecule has 0 aliphatic carbocycles. The standard InChI is InChI=1S/C10H9F2N3O2/c11-4-1-5-8(14)10(17)15(3-7(13)16)9(5)6(12)2-4/h1-2,8H,3,14H2,(H2,13,16). The fourth-order valence-electron chi connectivity index (χ4n) is 1.83. The van der Waals surface area contributed by atoms with Crippen LogP contribution in [-0.4, -0.2) is 18.4 Å². The number of primary amides is 1. The Hall–Kier alpha value is -2.02. The van der Waals surface area contributed by atoms with Crippen molar-refractivity contribution < 1.29 is 18.4 Å². The number of halogens is 2. The Bertz CT molecular complexity index is 519. The third-order valence-electron chi connectivity index (χ3n) is 2.51. The molecule has 0 saturated carbocycles. The van der Waals surface area contributed by atoms with E-state index in [-0.39, 0.29) is 11.3 Å². The summed E-state index contributed by atoms with van der Waals surface area (Å²) >= 11 is 0. The molecule has 0 fully saturated rings. The van der Waals surface area contributed by atoms with Crippen LogP contribution < -0.4 is 16.4 Å². The van der Waals surface area contributed by atoms with E-state index >= 15 is 0 Å². The highest BCUT2D eigenvalue weighted by Gasteiger charge is 2.38. The number of benzene rings is 1. The van der Waals surface area contributed by atoms with Gasteiger partial charge in [-0.1, -0.05) is 0 Å². The fraction of sp³-hybridized carbons (Fsp3) is 0.200. The highest BCUT2D eigenvalue weighted by atomic mass is 19.1. The summed E-state index contributed by atoms with van der Waals surface area (Å²) in [5, 5.41) is 0. The van der Waals surface area contributed by atoms with E-state index in [1.165, 1.54) is 0 Å². The molecule has 90 valence electrons. The molecule has 7 heteroatoms. The maximum absolute atomic E-state index is 13.6. The predicted octanol–water partition coefficient (Wildman–Crippen LogP) is -0.203. The molecule has 1 atom stereocenters. The van der Waals surface area contributed by atoms with E-state index in [1.807, 2.05) is 0 Å². The molecule has 1 aliphatic heterocycles. The van der Waals surface area contributed by atoms with Gasteiger partial charge in [-0.25, -0.2) is 8.78 Å². The Morgan fingerprint density at radius 2 is 2.06 bits per heavy atom. The van der Waals surface area contributed by atoms with Gasteiger partial charge in [-0.15, -0.1) is 0 Å². The van der Waals surface area contributed by atoms with E-state index in [0.29, 0.717) is 6.07 Å². The topological polar surface area (TPSA) is 89.4 Å². The van der Waals surface area contributed by atoms with Gasteiger partial charge in [0, 0.05) is 11.6 Å². The number of rotatable bonds is 2. The molecule has 5 nitrogen and oxygen atoms in total. The van der Waals surface area contributed by atoms with E-state index in [2.05, 4.69) is 0 Å². The number of nitrogens with zero attached hydrogens (tertiary/aromatic N) is 1. The monoisotopic (exact) mass is 241 g/mol. The number of nitrogens with two attached hydrogens (primary N) is 2. The minimum absolute atomic E-state index is 0.0220. The molecule has 1 unspecified atom stereocenters. The molecule has 0 aromatic heterocycles. The minimum Gasteiger partial charge on any atom is -0.368 e. The Morgan fingerprint density at radius 1 is 1.41 bits per heavy atom. The molecular weight excluding hydrogens is 232 g/mol. The molecule has 1 heterocycles. The van der Waals surface area contributed by atoms with Crippen LogP contribution in [0.2, 0.25) is 0 Å². The van der Waals surface area contributed by atoms with E-state index in [9.17, 15) is 18.4 Å². The normalized spacial score (nSPS) is 18.4. The van der Waals surface area contributed by atoms with Gasteiger partial charge < -0.3 is 11.5 Å². The summed E-state index contributed by atoms with van der Waals surface area (Å²) in [7, 11) is 0. The van der Waals surface area contributed by atoms with Crippen LogP contribution in [-0.2, 0) is 9.59 Å². The van der Waals surface area contributed by atoms with Crippen molar-refractivity contribution >= 4 is 17.5 Å². The van der Waals surface area contributed by atoms with Crippen LogP contribution in [0.4, 0.5) is 14.5 Å². The third-order valence-corrected chi connectivity index (χ3v) is 2.51. The molecule has 0 spiro atoms. The number of hydrogen-bond acceptors (Lipinski definition) is 3. The van der Waals surface area contributed by atoms with Crippen LogP contribution in [0.1, 0.15) is 11.6 Å². The predicted molar refractivity (Wildman–Crippen MR) is 54.8 cm³/mol. The Labute approximate surface area is 95.0 Å². The Balaban J connectivity index is 2.56. The first-order chi connectivity index (χ1) is 7.91. The zero-order chi connectivity index (χ0) is 12.7. The Morgan fingerprint density at radius 3 is 2.65 bits per heavy atom. The van der Waals surface area contributed by atoms with Crippen molar-refractivity contribution in [3.8, 4) is 0 Å². The van der Waals surface area contributed by atoms with E-state index in [4.69, 9.17) is 11.5 Å². The van der Waals surface area contributed by atoms with Crippen molar-refractivity contribution in [2.24, 2.45) is 11.5 Å². The van der Waals surface area contributed by atoms with Crippen molar-refractivity contribution in [1.29, 1.82) is 0 Å². The number of carbonyl (C=O) groups excluding carboxylic acids is 2. The fourth-order valence-corrected chi connectivity index (χ4v) is 1.83. The van der Waals surface area contributed by atoms with Gasteiger partial charge in [0.1, 0.15) is 24.2 Å². The van der Waals surface area contributed by atoms with E-state index in [1.54, 1.807) is 0 Å². The highest BCUT2D eigenvalue weighted by Crippen LogP contribution is 2.37. The smallest absolute Gasteiger partial charge is 0.249 e. The molecule has 1 aliphatic rings. The zero-order valence-corrected chi connectivity index (χ0v) is 8.61. The van der Waals surface area contributed by atoms with Crippen LogP contribution in [0.5, 0.6) is 0 Å². The average molecular weight is 241 g/mol. The zero-order valence-electron chi connectivity index (χ0n) is 8.61. The van der Waals surface area contributed by atoms with Gasteiger partial charge in [0.25, 0.3) is 0 Å². The molecular formula is C10H9F2N3O2. The van der Waals surface area contributed by atoms with Crippen LogP contribution in [0.15, 0.2) is 12.1 Å². The second kappa shape index (κ2) is 3.77. The van der Waals surface area contributed by atoms with Gasteiger partial charge in [0.2, 0.25) is 11.8 Å². The number of hydrogen-bond donors (Lipinski definition) is 2. The molecule has 0 bridgehead atoms. The van der Waals surface area contributed by atoms with Gasteiger partial charge in [-0.2, -0.15) is 0 Å². The van der Waals surface area contributed by atoms with Gasteiger partial charge in [0.05, 0.1) is 5.69 Å². The molecule has 2 amide bonds. The first-order valence-corrected chi connectivity index (χ1v) is 4.76. The molecule has 2 rings (SSSR count). The molecule has 0 radical (unpaired) electrons. The van der Waals surface area contributed by atoms with Crippen LogP contribution in [0.25, 0.3) is 0 Å². The summed E-state index contributed by atoms with van der Waals surface area (Å²) in [5.41, 5.74) is 10.3. The minimum atomic E-state index is -1.17. The van der Waals surface area contributed by atoms with Crippen molar-refractivity contribution in [1.82, 2.24) is 0 Å². The van der Waals surface area contributed by atoms with Gasteiger partial charge >= 0.3 is 0 Å². The molecule has 1 aromatic carbocycles. The summed E-state index contributed by atoms with van der Waals surface area (Å²) in [6.45, 7) is -0.484. The molecule has 0 saturated heterocycles. The van der Waals surface area contributed by atoms with Gasteiger partial charge in [0.15, 0.2) is 0 Å². The number of carbonyl (C=O) groups is 2. The first-order valence-electron chi connectivity index (χ1n) is 4.76. The maximum atomic E-state index is 13.6. The lowest BCUT2D eigenvalue weighted by molar-refractivity contribution is -0.122. The molecule has 1 aromatic rings. The summed E-state index contributed by atoms with van der Waals surface area (Å²) in [6, 6.07) is 0.426. The average Bonchev–Trinajstić information content (AvgIpc) is 2.43. The summed E-state index contributed by atoms with van der Waals surface area (Å²) in [5.74, 6) is -3.25. The summed E-state index contributed by atoms with van der Waals surface area (Å²) in [6.07, 6.45) is 0. The van der Waals surface area contributed by atoms with Crippen molar-refractivity contribution in [2.45, 2.75) is 6.04 Å². The SMILES string of the molecule is NC(=O)CN1C(=O)C(N)c2cc(F)cc(F)c21. The van der Waals surface area contributed by atoms with Gasteiger partial charge in [-0.3, -0.25) is 14.5 Å². The van der Waals surface area contributed by atoms with Crippen LogP contribution in [0.3, 0.4) is 0 Å². The second-order valence-corrected chi connectivity index (χ2v) is 3.69. The quantitative estimate of drug-likeness (QED) is 0.751. The maximum Gasteiger partial charge on any atom is 0.249 e. The van der Waals surface area contributed by atoms with Crippen molar-refractivity contribution in [3.63, 3.8) is 0 Å². The lowest BCUT2D eigenvalue weighted by Crippen LogP contribution is -2.38. The number of fused-ring (bicyclic) bond motifs is 1. The lowest BCUT2D eigenvalue weighted by Gasteiger charge is -2.15. The van der Waals surface area contributed by atoms with E-state index < -0.39 is 36.0 Å². The lowest BCUT2D eigenvalue weighted by atomic mass is 10.1. The second-order valence-electron chi connectivity index (χ2n) is 3.69. The van der Waals surface area contributed by atoms with Crippen LogP contribution >= 0.6 is 0 Å². The number of amides is 2. The largest absolute Gasteiger partial charge is 0.368 e. The van der Waals surface area contributed by atoms with E-state index in [0.717, 1.165) is 11.0 Å².